The first-order valence-electron chi connectivity index (χ1n) is 12.4. The van der Waals surface area contributed by atoms with Crippen molar-refractivity contribution in [3.05, 3.63) is 95.3 Å². The lowest BCUT2D eigenvalue weighted by Gasteiger charge is -2.18. The number of imidazole rings is 1. The van der Waals surface area contributed by atoms with Crippen LogP contribution in [-0.4, -0.2) is 22.1 Å². The Morgan fingerprint density at radius 1 is 0.971 bits per heavy atom. The Bertz CT molecular complexity index is 1290. The Morgan fingerprint density at radius 2 is 1.69 bits per heavy atom. The van der Waals surface area contributed by atoms with E-state index < -0.39 is 0 Å². The fourth-order valence-electron chi connectivity index (χ4n) is 4.49. The van der Waals surface area contributed by atoms with Crippen molar-refractivity contribution < 1.29 is 9.53 Å². The van der Waals surface area contributed by atoms with Crippen molar-refractivity contribution in [1.82, 2.24) is 14.9 Å². The minimum Gasteiger partial charge on any atom is -0.493 e. The predicted molar refractivity (Wildman–Crippen MR) is 142 cm³/mol. The van der Waals surface area contributed by atoms with Gasteiger partial charge in [0, 0.05) is 6.54 Å². The van der Waals surface area contributed by atoms with Gasteiger partial charge in [0.25, 0.3) is 0 Å². The van der Waals surface area contributed by atoms with Crippen molar-refractivity contribution in [3.63, 3.8) is 0 Å². The van der Waals surface area contributed by atoms with E-state index in [1.807, 2.05) is 68.4 Å². The Balaban J connectivity index is 1.45. The topological polar surface area (TPSA) is 56.2 Å². The molecule has 1 heterocycles. The summed E-state index contributed by atoms with van der Waals surface area (Å²) < 4.78 is 8.36. The normalized spacial score (nSPS) is 12.1. The molecule has 1 atom stereocenters. The van der Waals surface area contributed by atoms with Gasteiger partial charge in [-0.15, -0.1) is 0 Å². The maximum absolute atomic E-state index is 12.8. The molecular formula is C30H35N3O2. The number of aromatic nitrogens is 2. The van der Waals surface area contributed by atoms with Crippen molar-refractivity contribution in [1.29, 1.82) is 0 Å². The third kappa shape index (κ3) is 5.91. The van der Waals surface area contributed by atoms with Crippen molar-refractivity contribution in [2.45, 2.75) is 59.0 Å². The van der Waals surface area contributed by atoms with E-state index in [9.17, 15) is 4.79 Å². The molecule has 1 amide bonds. The summed E-state index contributed by atoms with van der Waals surface area (Å²) in [5.74, 6) is 2.24. The second kappa shape index (κ2) is 11.2. The first-order chi connectivity index (χ1) is 16.9. The third-order valence-corrected chi connectivity index (χ3v) is 6.39. The van der Waals surface area contributed by atoms with Gasteiger partial charge in [0.15, 0.2) is 0 Å². The quantitative estimate of drug-likeness (QED) is 0.275. The summed E-state index contributed by atoms with van der Waals surface area (Å²) in [6, 6.07) is 24.2. The molecular weight excluding hydrogens is 434 g/mol. The SMILES string of the molecule is Cc1ccccc1CC(=O)NC(C)c1nc2ccccc2n1CCCOc1ccccc1C(C)C. The first kappa shape index (κ1) is 24.5. The largest absolute Gasteiger partial charge is 0.493 e. The van der Waals surface area contributed by atoms with Crippen LogP contribution in [0.25, 0.3) is 11.0 Å². The minimum atomic E-state index is -0.207. The molecule has 4 rings (SSSR count). The molecule has 0 aliphatic rings. The number of hydrogen-bond acceptors (Lipinski definition) is 3. The molecule has 182 valence electrons. The van der Waals surface area contributed by atoms with Crippen LogP contribution in [0, 0.1) is 6.92 Å². The molecule has 4 aromatic rings. The molecule has 0 saturated carbocycles. The maximum atomic E-state index is 12.8. The minimum absolute atomic E-state index is 0.000896. The number of carbonyl (C=O) groups is 1. The third-order valence-electron chi connectivity index (χ3n) is 6.39. The van der Waals surface area contributed by atoms with E-state index >= 15 is 0 Å². The average molecular weight is 470 g/mol. The van der Waals surface area contributed by atoms with E-state index in [4.69, 9.17) is 9.72 Å². The Hall–Kier alpha value is -3.60. The van der Waals surface area contributed by atoms with Gasteiger partial charge < -0.3 is 14.6 Å². The molecule has 0 saturated heterocycles. The summed E-state index contributed by atoms with van der Waals surface area (Å²) >= 11 is 0. The average Bonchev–Trinajstić information content (AvgIpc) is 3.22. The molecule has 0 fully saturated rings. The highest BCUT2D eigenvalue weighted by Crippen LogP contribution is 2.26. The molecule has 35 heavy (non-hydrogen) atoms. The first-order valence-corrected chi connectivity index (χ1v) is 12.4. The zero-order valence-corrected chi connectivity index (χ0v) is 21.1. The van der Waals surface area contributed by atoms with Crippen LogP contribution in [0.5, 0.6) is 5.75 Å². The lowest BCUT2D eigenvalue weighted by molar-refractivity contribution is -0.121. The van der Waals surface area contributed by atoms with E-state index in [1.54, 1.807) is 0 Å². The number of hydrogen-bond donors (Lipinski definition) is 1. The van der Waals surface area contributed by atoms with Gasteiger partial charge in [-0.2, -0.15) is 0 Å². The summed E-state index contributed by atoms with van der Waals surface area (Å²) in [4.78, 5) is 17.7. The number of ether oxygens (including phenoxy) is 1. The summed E-state index contributed by atoms with van der Waals surface area (Å²) in [5, 5.41) is 3.16. The van der Waals surface area contributed by atoms with E-state index in [0.717, 1.165) is 46.7 Å². The number of nitrogens with zero attached hydrogens (tertiary/aromatic N) is 2. The number of carbonyl (C=O) groups excluding carboxylic acids is 1. The van der Waals surface area contributed by atoms with Gasteiger partial charge in [0.2, 0.25) is 5.91 Å². The lowest BCUT2D eigenvalue weighted by atomic mass is 10.0. The number of benzene rings is 3. The van der Waals surface area contributed by atoms with Crippen LogP contribution in [-0.2, 0) is 17.8 Å². The highest BCUT2D eigenvalue weighted by molar-refractivity contribution is 5.80. The zero-order chi connectivity index (χ0) is 24.8. The summed E-state index contributed by atoms with van der Waals surface area (Å²) in [5.41, 5.74) is 5.41. The second-order valence-electron chi connectivity index (χ2n) is 9.40. The molecule has 1 unspecified atom stereocenters. The highest BCUT2D eigenvalue weighted by atomic mass is 16.5. The van der Waals surface area contributed by atoms with Gasteiger partial charge >= 0.3 is 0 Å². The van der Waals surface area contributed by atoms with Crippen LogP contribution in [0.4, 0.5) is 0 Å². The second-order valence-corrected chi connectivity index (χ2v) is 9.40. The number of fused-ring (bicyclic) bond motifs is 1. The Kier molecular flexibility index (Phi) is 7.86. The van der Waals surface area contributed by atoms with E-state index in [1.165, 1.54) is 5.56 Å². The molecule has 0 spiro atoms. The van der Waals surface area contributed by atoms with E-state index in [-0.39, 0.29) is 11.9 Å². The smallest absolute Gasteiger partial charge is 0.225 e. The lowest BCUT2D eigenvalue weighted by Crippen LogP contribution is -2.30. The molecule has 3 aromatic carbocycles. The number of rotatable bonds is 10. The van der Waals surface area contributed by atoms with Crippen molar-refractivity contribution >= 4 is 16.9 Å². The molecule has 5 nitrogen and oxygen atoms in total. The summed E-state index contributed by atoms with van der Waals surface area (Å²) in [7, 11) is 0. The van der Waals surface area contributed by atoms with Gasteiger partial charge in [0.05, 0.1) is 30.1 Å². The van der Waals surface area contributed by atoms with E-state index in [2.05, 4.69) is 41.9 Å². The van der Waals surface area contributed by atoms with Crippen LogP contribution in [0.3, 0.4) is 0 Å². The molecule has 0 bridgehead atoms. The summed E-state index contributed by atoms with van der Waals surface area (Å²) in [6.45, 7) is 9.78. The fourth-order valence-corrected chi connectivity index (χ4v) is 4.49. The molecule has 1 N–H and O–H groups in total. The van der Waals surface area contributed by atoms with Gasteiger partial charge in [-0.3, -0.25) is 4.79 Å². The standard InChI is InChI=1S/C30H35N3O2/c1-21(2)25-14-7-10-17-28(25)35-19-11-18-33-27-16-9-8-15-26(27)32-30(33)23(4)31-29(34)20-24-13-6-5-12-22(24)3/h5-10,12-17,21,23H,11,18-20H2,1-4H3,(H,31,34). The molecule has 0 aliphatic heterocycles. The molecule has 0 aliphatic carbocycles. The van der Waals surface area contributed by atoms with Crippen molar-refractivity contribution in [2.24, 2.45) is 0 Å². The molecule has 0 radical (unpaired) electrons. The van der Waals surface area contributed by atoms with E-state index in [0.29, 0.717) is 18.9 Å². The molecule has 5 heteroatoms. The zero-order valence-electron chi connectivity index (χ0n) is 21.1. The number of aryl methyl sites for hydroxylation is 2. The van der Waals surface area contributed by atoms with Gasteiger partial charge in [-0.05, 0) is 61.1 Å². The van der Waals surface area contributed by atoms with Crippen LogP contribution in [0.2, 0.25) is 0 Å². The van der Waals surface area contributed by atoms with Gasteiger partial charge in [0.1, 0.15) is 11.6 Å². The number of para-hydroxylation sites is 3. The van der Waals surface area contributed by atoms with Crippen LogP contribution in [0.1, 0.15) is 61.7 Å². The number of nitrogens with one attached hydrogen (secondary N) is 1. The Morgan fingerprint density at radius 3 is 2.49 bits per heavy atom. The Labute approximate surface area is 208 Å². The number of amides is 1. The highest BCUT2D eigenvalue weighted by Gasteiger charge is 2.19. The van der Waals surface area contributed by atoms with Crippen molar-refractivity contribution in [3.8, 4) is 5.75 Å². The summed E-state index contributed by atoms with van der Waals surface area (Å²) in [6.07, 6.45) is 1.20. The molecule has 1 aromatic heterocycles. The monoisotopic (exact) mass is 469 g/mol. The van der Waals surface area contributed by atoms with Crippen LogP contribution >= 0.6 is 0 Å². The van der Waals surface area contributed by atoms with Crippen molar-refractivity contribution in [2.75, 3.05) is 6.61 Å². The fraction of sp³-hybridized carbons (Fsp3) is 0.333. The van der Waals surface area contributed by atoms with Gasteiger partial charge in [-0.25, -0.2) is 4.98 Å². The van der Waals surface area contributed by atoms with Crippen LogP contribution in [0.15, 0.2) is 72.8 Å². The van der Waals surface area contributed by atoms with Gasteiger partial charge in [-0.1, -0.05) is 68.4 Å². The predicted octanol–water partition coefficient (Wildman–Crippen LogP) is 6.36. The maximum Gasteiger partial charge on any atom is 0.225 e. The van der Waals surface area contributed by atoms with Crippen LogP contribution < -0.4 is 10.1 Å².